The molecule has 0 saturated carbocycles. The van der Waals surface area contributed by atoms with Crippen LogP contribution in [0.5, 0.6) is 0 Å². The minimum absolute atomic E-state index is 0.0305. The van der Waals surface area contributed by atoms with Crippen LogP contribution in [0.1, 0.15) is 36.7 Å². The van der Waals surface area contributed by atoms with Crippen molar-refractivity contribution in [1.82, 2.24) is 4.90 Å². The fourth-order valence-electron chi connectivity index (χ4n) is 3.82. The number of benzene rings is 1. The van der Waals surface area contributed by atoms with Crippen molar-refractivity contribution < 1.29 is 14.0 Å². The van der Waals surface area contributed by atoms with Crippen LogP contribution in [0.25, 0.3) is 0 Å². The van der Waals surface area contributed by atoms with Crippen LogP contribution in [0.2, 0.25) is 0 Å². The fraction of sp³-hybridized carbons (Fsp3) is 0.429. The number of hydrogen-bond acceptors (Lipinski definition) is 4. The second kappa shape index (κ2) is 7.80. The number of hydrogen-bond donors (Lipinski definition) is 0. The van der Waals surface area contributed by atoms with Crippen LogP contribution < -0.4 is 4.90 Å². The predicted octanol–water partition coefficient (Wildman–Crippen LogP) is 4.05. The molecule has 0 spiro atoms. The number of nitrogens with zero attached hydrogens (tertiary/aromatic N) is 2. The molecule has 1 aromatic carbocycles. The largest absolute Gasteiger partial charge is 0.459 e. The van der Waals surface area contributed by atoms with Gasteiger partial charge in [-0.1, -0.05) is 19.1 Å². The van der Waals surface area contributed by atoms with Gasteiger partial charge in [0.05, 0.1) is 12.0 Å². The molecule has 0 N–H and O–H groups in total. The Balaban J connectivity index is 1.44. The molecular weight excluding hydrogens is 360 g/mol. The molecule has 2 aliphatic heterocycles. The second-order valence-electron chi connectivity index (χ2n) is 7.22. The summed E-state index contributed by atoms with van der Waals surface area (Å²) in [5.74, 6) is 0.447. The number of rotatable bonds is 2. The average Bonchev–Trinajstić information content (AvgIpc) is 3.17. The maximum Gasteiger partial charge on any atom is 0.289 e. The summed E-state index contributed by atoms with van der Waals surface area (Å²) >= 11 is 1.85. The van der Waals surface area contributed by atoms with Crippen LogP contribution in [-0.2, 0) is 4.79 Å². The monoisotopic (exact) mass is 384 g/mol. The zero-order chi connectivity index (χ0) is 18.8. The lowest BCUT2D eigenvalue weighted by Crippen LogP contribution is -2.44. The van der Waals surface area contributed by atoms with Crippen molar-refractivity contribution >= 4 is 29.3 Å². The van der Waals surface area contributed by atoms with E-state index in [-0.39, 0.29) is 17.7 Å². The normalized spacial score (nSPS) is 20.9. The van der Waals surface area contributed by atoms with Gasteiger partial charge in [0.1, 0.15) is 0 Å². The molecule has 0 bridgehead atoms. The molecule has 3 heterocycles. The zero-order valence-corrected chi connectivity index (χ0v) is 16.3. The van der Waals surface area contributed by atoms with Crippen LogP contribution in [0.3, 0.4) is 0 Å². The van der Waals surface area contributed by atoms with Crippen molar-refractivity contribution in [3.8, 4) is 0 Å². The van der Waals surface area contributed by atoms with Gasteiger partial charge < -0.3 is 14.2 Å². The van der Waals surface area contributed by atoms with Gasteiger partial charge in [-0.15, -0.1) is 11.8 Å². The van der Waals surface area contributed by atoms with E-state index < -0.39 is 0 Å². The van der Waals surface area contributed by atoms with Crippen molar-refractivity contribution in [2.24, 2.45) is 5.92 Å². The first-order valence-electron chi connectivity index (χ1n) is 9.53. The Morgan fingerprint density at radius 2 is 1.81 bits per heavy atom. The molecule has 0 radical (unpaired) electrons. The maximum atomic E-state index is 13.3. The van der Waals surface area contributed by atoms with Crippen molar-refractivity contribution in [3.63, 3.8) is 0 Å². The van der Waals surface area contributed by atoms with Crippen LogP contribution in [0.4, 0.5) is 5.69 Å². The third-order valence-electron chi connectivity index (χ3n) is 5.37. The molecule has 1 aromatic heterocycles. The molecule has 1 unspecified atom stereocenters. The standard InChI is InChI=1S/C21H24N2O3S/c1-15-8-13-23(17-5-2-3-7-19(17)27-15)20(24)16-9-11-22(12-10-16)21(25)18-6-4-14-26-18/h2-7,14-16H,8-13H2,1H3. The van der Waals surface area contributed by atoms with Gasteiger partial charge >= 0.3 is 0 Å². The molecule has 1 atom stereocenters. The molecular formula is C21H24N2O3S. The molecule has 5 nitrogen and oxygen atoms in total. The number of fused-ring (bicyclic) bond motifs is 1. The molecule has 142 valence electrons. The molecule has 2 amide bonds. The highest BCUT2D eigenvalue weighted by atomic mass is 32.2. The number of thioether (sulfide) groups is 1. The number of para-hydroxylation sites is 1. The summed E-state index contributed by atoms with van der Waals surface area (Å²) in [5, 5.41) is 0.497. The average molecular weight is 385 g/mol. The first-order chi connectivity index (χ1) is 13.1. The zero-order valence-electron chi connectivity index (χ0n) is 15.5. The van der Waals surface area contributed by atoms with Gasteiger partial charge in [-0.25, -0.2) is 0 Å². The predicted molar refractivity (Wildman–Crippen MR) is 106 cm³/mol. The summed E-state index contributed by atoms with van der Waals surface area (Å²) in [6.45, 7) is 4.16. The Hall–Kier alpha value is -2.21. The third kappa shape index (κ3) is 3.76. The van der Waals surface area contributed by atoms with Crippen LogP contribution in [0, 0.1) is 5.92 Å². The van der Waals surface area contributed by atoms with Crippen molar-refractivity contribution in [2.75, 3.05) is 24.5 Å². The van der Waals surface area contributed by atoms with Crippen LogP contribution in [-0.4, -0.2) is 41.6 Å². The van der Waals surface area contributed by atoms with Gasteiger partial charge in [-0.3, -0.25) is 9.59 Å². The van der Waals surface area contributed by atoms with Crippen molar-refractivity contribution in [1.29, 1.82) is 0 Å². The third-order valence-corrected chi connectivity index (χ3v) is 6.61. The molecule has 1 fully saturated rings. The summed E-state index contributed by atoms with van der Waals surface area (Å²) in [4.78, 5) is 30.6. The number of amides is 2. The topological polar surface area (TPSA) is 53.8 Å². The Morgan fingerprint density at radius 1 is 1.04 bits per heavy atom. The van der Waals surface area contributed by atoms with Gasteiger partial charge in [0, 0.05) is 35.7 Å². The van der Waals surface area contributed by atoms with Gasteiger partial charge in [-0.05, 0) is 43.5 Å². The summed E-state index contributed by atoms with van der Waals surface area (Å²) in [6, 6.07) is 11.6. The highest BCUT2D eigenvalue weighted by Crippen LogP contribution is 2.38. The summed E-state index contributed by atoms with van der Waals surface area (Å²) < 4.78 is 5.21. The van der Waals surface area contributed by atoms with Crippen molar-refractivity contribution in [3.05, 3.63) is 48.4 Å². The van der Waals surface area contributed by atoms with E-state index in [9.17, 15) is 9.59 Å². The molecule has 1 saturated heterocycles. The minimum Gasteiger partial charge on any atom is -0.459 e. The van der Waals surface area contributed by atoms with Crippen molar-refractivity contribution in [2.45, 2.75) is 36.3 Å². The van der Waals surface area contributed by atoms with E-state index in [1.54, 1.807) is 17.0 Å². The van der Waals surface area contributed by atoms with Gasteiger partial charge in [0.2, 0.25) is 5.91 Å². The van der Waals surface area contributed by atoms with Crippen LogP contribution in [0.15, 0.2) is 52.0 Å². The number of anilines is 1. The minimum atomic E-state index is -0.0868. The number of carbonyl (C=O) groups excluding carboxylic acids is 2. The van der Waals surface area contributed by atoms with E-state index in [1.165, 1.54) is 11.2 Å². The fourth-order valence-corrected chi connectivity index (χ4v) is 4.93. The molecule has 4 rings (SSSR count). The van der Waals surface area contributed by atoms with E-state index >= 15 is 0 Å². The quantitative estimate of drug-likeness (QED) is 0.784. The summed E-state index contributed by atoms with van der Waals surface area (Å²) in [7, 11) is 0. The molecule has 27 heavy (non-hydrogen) atoms. The summed E-state index contributed by atoms with van der Waals surface area (Å²) in [6.07, 6.45) is 3.90. The van der Waals surface area contributed by atoms with E-state index in [0.717, 1.165) is 18.7 Å². The number of piperidine rings is 1. The van der Waals surface area contributed by atoms with E-state index in [0.29, 0.717) is 36.9 Å². The van der Waals surface area contributed by atoms with Gasteiger partial charge in [0.25, 0.3) is 5.91 Å². The Morgan fingerprint density at radius 3 is 2.56 bits per heavy atom. The lowest BCUT2D eigenvalue weighted by atomic mass is 9.94. The highest BCUT2D eigenvalue weighted by molar-refractivity contribution is 8.00. The van der Waals surface area contributed by atoms with Gasteiger partial charge in [-0.2, -0.15) is 0 Å². The molecule has 2 aliphatic rings. The second-order valence-corrected chi connectivity index (χ2v) is 8.70. The molecule has 0 aliphatic carbocycles. The smallest absolute Gasteiger partial charge is 0.289 e. The van der Waals surface area contributed by atoms with E-state index in [4.69, 9.17) is 4.42 Å². The first-order valence-corrected chi connectivity index (χ1v) is 10.4. The van der Waals surface area contributed by atoms with E-state index in [1.807, 2.05) is 34.9 Å². The molecule has 2 aromatic rings. The van der Waals surface area contributed by atoms with Gasteiger partial charge in [0.15, 0.2) is 5.76 Å². The molecule has 6 heteroatoms. The number of likely N-dealkylation sites (tertiary alicyclic amines) is 1. The highest BCUT2D eigenvalue weighted by Gasteiger charge is 2.33. The van der Waals surface area contributed by atoms with E-state index in [2.05, 4.69) is 13.0 Å². The SMILES string of the molecule is CC1CCN(C(=O)C2CCN(C(=O)c3ccco3)CC2)c2ccccc2S1. The number of furan rings is 1. The Labute approximate surface area is 163 Å². The summed E-state index contributed by atoms with van der Waals surface area (Å²) in [5.41, 5.74) is 1.03. The number of carbonyl (C=O) groups is 2. The Bertz CT molecular complexity index is 813. The van der Waals surface area contributed by atoms with Crippen LogP contribution >= 0.6 is 11.8 Å². The lowest BCUT2D eigenvalue weighted by Gasteiger charge is -2.34. The maximum absolute atomic E-state index is 13.3. The first kappa shape index (κ1) is 18.2. The lowest BCUT2D eigenvalue weighted by molar-refractivity contribution is -0.123. The Kier molecular flexibility index (Phi) is 5.25.